The van der Waals surface area contributed by atoms with Crippen LogP contribution in [0.5, 0.6) is 0 Å². The van der Waals surface area contributed by atoms with E-state index in [2.05, 4.69) is 38.9 Å². The third kappa shape index (κ3) is 9.48. The van der Waals surface area contributed by atoms with Gasteiger partial charge in [-0.2, -0.15) is 0 Å². The molecule has 0 saturated carbocycles. The van der Waals surface area contributed by atoms with Gasteiger partial charge in [-0.05, 0) is 38.2 Å². The number of aromatic nitrogens is 2. The van der Waals surface area contributed by atoms with E-state index in [0.29, 0.717) is 12.2 Å². The number of benzene rings is 1. The van der Waals surface area contributed by atoms with Gasteiger partial charge >= 0.3 is 5.97 Å². The number of amides is 1. The van der Waals surface area contributed by atoms with Crippen molar-refractivity contribution in [1.82, 2.24) is 9.55 Å². The maximum atomic E-state index is 11.7. The number of unbranched alkanes of at least 4 members (excludes halogenated alkanes) is 5. The largest absolute Gasteiger partial charge is 0.468 e. The third-order valence-corrected chi connectivity index (χ3v) is 7.10. The van der Waals surface area contributed by atoms with Crippen LogP contribution in [0, 0.1) is 0 Å². The van der Waals surface area contributed by atoms with Gasteiger partial charge in [-0.25, -0.2) is 0 Å². The van der Waals surface area contributed by atoms with Crippen molar-refractivity contribution in [1.29, 1.82) is 0 Å². The smallest absolute Gasteiger partial charge is 0.325 e. The summed E-state index contributed by atoms with van der Waals surface area (Å²) in [5, 5.41) is 11.3. The Bertz CT molecular complexity index is 1250. The Morgan fingerprint density at radius 1 is 1.00 bits per heavy atom. The minimum absolute atomic E-state index is 0.180. The highest BCUT2D eigenvalue weighted by Crippen LogP contribution is 2.27. The summed E-state index contributed by atoms with van der Waals surface area (Å²) < 4.78 is 5.79. The van der Waals surface area contributed by atoms with Crippen molar-refractivity contribution in [2.75, 3.05) is 43.2 Å². The number of hydrogen-bond donors (Lipinski definition) is 1. The number of pyridine rings is 2. The van der Waals surface area contributed by atoms with Gasteiger partial charge in [0, 0.05) is 55.5 Å². The summed E-state index contributed by atoms with van der Waals surface area (Å²) in [7, 11) is 1.26. The molecule has 1 aliphatic heterocycles. The standard InChI is InChI=1S/C17H26N2O5.C14H16N2/c1-24-17(23)13-19-12-15(8-9-16(19)22)18(14-21)10-6-4-2-3-5-7-11-20;1-4-8-16(9-5-1)14-11-15-10-12-6-2-3-7-13(12)14/h8-9,12,14,20H,2-7,10-11,13H2,1H3;2-3,6-7,10-11H,1,4-5,8-9H2. The molecule has 3 aromatic rings. The number of anilines is 2. The molecule has 0 aliphatic carbocycles. The summed E-state index contributed by atoms with van der Waals surface area (Å²) in [5.41, 5.74) is 1.56. The number of esters is 1. The fourth-order valence-corrected chi connectivity index (χ4v) is 4.85. The molecule has 2 aromatic heterocycles. The first-order valence-corrected chi connectivity index (χ1v) is 14.2. The van der Waals surface area contributed by atoms with E-state index in [9.17, 15) is 14.4 Å². The number of piperidine rings is 1. The molecule has 0 atom stereocenters. The van der Waals surface area contributed by atoms with Crippen LogP contribution in [0.3, 0.4) is 0 Å². The number of aliphatic hydroxyl groups is 1. The number of aliphatic hydroxyl groups excluding tert-OH is 1. The molecule has 3 heterocycles. The van der Waals surface area contributed by atoms with Gasteiger partial charge in [-0.1, -0.05) is 49.9 Å². The van der Waals surface area contributed by atoms with E-state index in [4.69, 9.17) is 5.11 Å². The van der Waals surface area contributed by atoms with Crippen molar-refractivity contribution < 1.29 is 19.4 Å². The second-order valence-corrected chi connectivity index (χ2v) is 10.0. The number of hydrogen-bond acceptors (Lipinski definition) is 7. The summed E-state index contributed by atoms with van der Waals surface area (Å²) in [6.07, 6.45) is 16.0. The molecule has 1 aromatic carbocycles. The number of carbonyl (C=O) groups is 2. The first-order valence-electron chi connectivity index (χ1n) is 14.2. The molecule has 1 amide bonds. The van der Waals surface area contributed by atoms with Gasteiger partial charge < -0.3 is 24.2 Å². The summed E-state index contributed by atoms with van der Waals surface area (Å²) in [4.78, 5) is 42.7. The van der Waals surface area contributed by atoms with Crippen molar-refractivity contribution in [3.63, 3.8) is 0 Å². The van der Waals surface area contributed by atoms with Crippen molar-refractivity contribution in [3.05, 3.63) is 65.3 Å². The lowest BCUT2D eigenvalue weighted by molar-refractivity contribution is -0.141. The van der Waals surface area contributed by atoms with Crippen LogP contribution in [0.2, 0.25) is 0 Å². The first-order chi connectivity index (χ1) is 19.6. The summed E-state index contributed by atoms with van der Waals surface area (Å²) >= 11 is 0. The molecule has 1 saturated heterocycles. The van der Waals surface area contributed by atoms with Crippen molar-refractivity contribution in [3.8, 4) is 0 Å². The molecule has 1 aliphatic rings. The van der Waals surface area contributed by atoms with E-state index in [-0.39, 0.29) is 18.7 Å². The lowest BCUT2D eigenvalue weighted by Gasteiger charge is -2.29. The zero-order chi connectivity index (χ0) is 28.6. The van der Waals surface area contributed by atoms with Gasteiger partial charge in [0.15, 0.2) is 0 Å². The quantitative estimate of drug-likeness (QED) is 0.189. The third-order valence-electron chi connectivity index (χ3n) is 7.10. The minimum Gasteiger partial charge on any atom is -0.468 e. The fraction of sp³-hybridized carbons (Fsp3) is 0.484. The van der Waals surface area contributed by atoms with Crippen LogP contribution in [-0.4, -0.2) is 60.4 Å². The fourth-order valence-electron chi connectivity index (χ4n) is 4.85. The highest BCUT2D eigenvalue weighted by Gasteiger charge is 2.13. The number of carbonyl (C=O) groups excluding carboxylic acids is 2. The summed E-state index contributed by atoms with van der Waals surface area (Å²) in [5.74, 6) is -0.519. The van der Waals surface area contributed by atoms with Crippen molar-refractivity contribution in [2.45, 2.75) is 64.3 Å². The topological polar surface area (TPSA) is 105 Å². The van der Waals surface area contributed by atoms with E-state index >= 15 is 0 Å². The molecule has 0 bridgehead atoms. The number of rotatable bonds is 13. The monoisotopic (exact) mass is 550 g/mol. The Balaban J connectivity index is 0.000000236. The van der Waals surface area contributed by atoms with Gasteiger partial charge in [0.2, 0.25) is 6.41 Å². The molecular weight excluding hydrogens is 508 g/mol. The maximum absolute atomic E-state index is 11.7. The minimum atomic E-state index is -0.519. The highest BCUT2D eigenvalue weighted by molar-refractivity contribution is 5.93. The molecule has 40 heavy (non-hydrogen) atoms. The van der Waals surface area contributed by atoms with E-state index in [1.807, 2.05) is 12.4 Å². The van der Waals surface area contributed by atoms with Crippen molar-refractivity contribution in [2.24, 2.45) is 0 Å². The van der Waals surface area contributed by atoms with Crippen LogP contribution < -0.4 is 15.4 Å². The number of fused-ring (bicyclic) bond motifs is 1. The normalized spacial score (nSPS) is 12.9. The summed E-state index contributed by atoms with van der Waals surface area (Å²) in [6, 6.07) is 11.4. The zero-order valence-electron chi connectivity index (χ0n) is 23.5. The number of ether oxygens (including phenoxy) is 1. The zero-order valence-corrected chi connectivity index (χ0v) is 23.5. The second-order valence-electron chi connectivity index (χ2n) is 10.0. The molecule has 9 heteroatoms. The van der Waals surface area contributed by atoms with Crippen LogP contribution in [0.1, 0.15) is 57.8 Å². The molecule has 1 N–H and O–H groups in total. The van der Waals surface area contributed by atoms with Crippen molar-refractivity contribution >= 4 is 34.5 Å². The molecule has 0 radical (unpaired) electrons. The Labute approximate surface area is 236 Å². The maximum Gasteiger partial charge on any atom is 0.325 e. The molecule has 4 rings (SSSR count). The Hall–Kier alpha value is -3.72. The van der Waals surface area contributed by atoms with Gasteiger partial charge in [-0.15, -0.1) is 0 Å². The molecule has 0 spiro atoms. The lowest BCUT2D eigenvalue weighted by Crippen LogP contribution is -2.29. The number of methoxy groups -OCH3 is 1. The Morgan fingerprint density at radius 2 is 1.73 bits per heavy atom. The van der Waals surface area contributed by atoms with Gasteiger partial charge in [0.1, 0.15) is 6.54 Å². The molecule has 216 valence electrons. The second kappa shape index (κ2) is 17.1. The Kier molecular flexibility index (Phi) is 13.2. The SMILES string of the molecule is COC(=O)Cn1cc(N(C=O)CCCCCCCCO)ccc1=O.c1ccc2c(N3CCCCC3)cncc2c1. The average molecular weight is 551 g/mol. The molecule has 1 fully saturated rings. The predicted molar refractivity (Wildman–Crippen MR) is 159 cm³/mol. The van der Waals surface area contributed by atoms with Crippen LogP contribution in [0.4, 0.5) is 11.4 Å². The van der Waals surface area contributed by atoms with Crippen LogP contribution in [0.25, 0.3) is 10.8 Å². The van der Waals surface area contributed by atoms with Gasteiger partial charge in [0.25, 0.3) is 5.56 Å². The predicted octanol–water partition coefficient (Wildman–Crippen LogP) is 4.54. The van der Waals surface area contributed by atoms with Gasteiger partial charge in [0.05, 0.1) is 24.7 Å². The summed E-state index contributed by atoms with van der Waals surface area (Å²) in [6.45, 7) is 2.96. The Morgan fingerprint density at radius 3 is 2.45 bits per heavy atom. The number of nitrogens with zero attached hydrogens (tertiary/aromatic N) is 4. The van der Waals surface area contributed by atoms with E-state index in [1.54, 1.807) is 6.07 Å². The van der Waals surface area contributed by atoms with E-state index in [1.165, 1.54) is 77.7 Å². The van der Waals surface area contributed by atoms with Crippen LogP contribution in [0.15, 0.2) is 59.8 Å². The van der Waals surface area contributed by atoms with Crippen LogP contribution in [-0.2, 0) is 20.9 Å². The lowest BCUT2D eigenvalue weighted by atomic mass is 10.1. The molecule has 9 nitrogen and oxygen atoms in total. The molecule has 0 unspecified atom stereocenters. The van der Waals surface area contributed by atoms with E-state index in [0.717, 1.165) is 44.9 Å². The molecular formula is C31H42N4O5. The highest BCUT2D eigenvalue weighted by atomic mass is 16.5. The van der Waals surface area contributed by atoms with Gasteiger partial charge in [-0.3, -0.25) is 19.4 Å². The average Bonchev–Trinajstić information content (AvgIpc) is 3.00. The van der Waals surface area contributed by atoms with E-state index < -0.39 is 5.97 Å². The first kappa shape index (κ1) is 30.8. The van der Waals surface area contributed by atoms with Crippen LogP contribution >= 0.6 is 0 Å².